The lowest BCUT2D eigenvalue weighted by Gasteiger charge is -2.29. The van der Waals surface area contributed by atoms with E-state index in [9.17, 15) is 8.78 Å². The van der Waals surface area contributed by atoms with Crippen LogP contribution in [-0.4, -0.2) is 36.1 Å². The lowest BCUT2D eigenvalue weighted by atomic mass is 10.2. The third kappa shape index (κ3) is 3.19. The molecule has 0 saturated carbocycles. The van der Waals surface area contributed by atoms with Crippen LogP contribution < -0.4 is 10.2 Å². The number of aryl methyl sites for hydroxylation is 1. The third-order valence-corrected chi connectivity index (χ3v) is 3.63. The van der Waals surface area contributed by atoms with E-state index in [2.05, 4.69) is 10.4 Å². The van der Waals surface area contributed by atoms with Crippen molar-refractivity contribution in [3.63, 3.8) is 0 Å². The average molecular weight is 308 g/mol. The summed E-state index contributed by atoms with van der Waals surface area (Å²) in [5.74, 6) is -0.899. The normalized spacial score (nSPS) is 15.1. The first-order valence-corrected chi connectivity index (χ1v) is 7.16. The quantitative estimate of drug-likeness (QED) is 0.940. The first kappa shape index (κ1) is 14.8. The van der Waals surface area contributed by atoms with E-state index in [1.54, 1.807) is 22.8 Å². The number of halogens is 2. The zero-order valence-electron chi connectivity index (χ0n) is 12.4. The molecule has 5 nitrogen and oxygen atoms in total. The van der Waals surface area contributed by atoms with Crippen LogP contribution in [0.4, 0.5) is 20.2 Å². The Labute approximate surface area is 127 Å². The Morgan fingerprint density at radius 2 is 2.00 bits per heavy atom. The fourth-order valence-electron chi connectivity index (χ4n) is 2.48. The van der Waals surface area contributed by atoms with Gasteiger partial charge < -0.3 is 15.0 Å². The van der Waals surface area contributed by atoms with Gasteiger partial charge in [0.05, 0.1) is 30.8 Å². The summed E-state index contributed by atoms with van der Waals surface area (Å²) < 4.78 is 35.3. The molecule has 1 saturated heterocycles. The SMILES string of the molecule is Cn1cc(CNc2cc(F)c(N3CCOCC3)cc2F)cn1. The van der Waals surface area contributed by atoms with E-state index in [-0.39, 0.29) is 11.4 Å². The second kappa shape index (κ2) is 6.31. The van der Waals surface area contributed by atoms with Gasteiger partial charge in [0.25, 0.3) is 0 Å². The third-order valence-electron chi connectivity index (χ3n) is 3.63. The maximum atomic E-state index is 14.2. The molecule has 2 heterocycles. The molecule has 7 heteroatoms. The topological polar surface area (TPSA) is 42.3 Å². The van der Waals surface area contributed by atoms with Gasteiger partial charge >= 0.3 is 0 Å². The Morgan fingerprint density at radius 1 is 1.23 bits per heavy atom. The molecule has 1 aliphatic rings. The second-order valence-electron chi connectivity index (χ2n) is 5.26. The maximum absolute atomic E-state index is 14.2. The molecule has 0 atom stereocenters. The highest BCUT2D eigenvalue weighted by molar-refractivity contribution is 5.57. The Balaban J connectivity index is 1.74. The van der Waals surface area contributed by atoms with E-state index in [1.165, 1.54) is 12.1 Å². The van der Waals surface area contributed by atoms with Crippen molar-refractivity contribution < 1.29 is 13.5 Å². The van der Waals surface area contributed by atoms with Crippen molar-refractivity contribution in [2.75, 3.05) is 36.5 Å². The van der Waals surface area contributed by atoms with Crippen molar-refractivity contribution in [2.45, 2.75) is 6.54 Å². The standard InChI is InChI=1S/C15H18F2N4O/c1-20-10-11(9-19-20)8-18-14-6-13(17)15(7-12(14)16)21-2-4-22-5-3-21/h6-7,9-10,18H,2-5,8H2,1H3. The monoisotopic (exact) mass is 308 g/mol. The van der Waals surface area contributed by atoms with Gasteiger partial charge in [0.15, 0.2) is 0 Å². The molecule has 0 unspecified atom stereocenters. The number of nitrogens with zero attached hydrogens (tertiary/aromatic N) is 3. The number of rotatable bonds is 4. The van der Waals surface area contributed by atoms with E-state index >= 15 is 0 Å². The van der Waals surface area contributed by atoms with Gasteiger partial charge in [0.2, 0.25) is 0 Å². The summed E-state index contributed by atoms with van der Waals surface area (Å²) in [5.41, 5.74) is 1.34. The highest BCUT2D eigenvalue weighted by Crippen LogP contribution is 2.27. The van der Waals surface area contributed by atoms with Gasteiger partial charge in [-0.3, -0.25) is 4.68 Å². The first-order valence-electron chi connectivity index (χ1n) is 7.16. The summed E-state index contributed by atoms with van der Waals surface area (Å²) in [6, 6.07) is 2.45. The molecule has 1 aliphatic heterocycles. The van der Waals surface area contributed by atoms with E-state index in [0.29, 0.717) is 32.8 Å². The number of hydrogen-bond donors (Lipinski definition) is 1. The molecule has 118 valence electrons. The van der Waals surface area contributed by atoms with Gasteiger partial charge in [-0.15, -0.1) is 0 Å². The molecule has 0 bridgehead atoms. The van der Waals surface area contributed by atoms with E-state index < -0.39 is 11.6 Å². The molecule has 3 rings (SSSR count). The number of morpholine rings is 1. The molecule has 0 amide bonds. The van der Waals surface area contributed by atoms with E-state index in [0.717, 1.165) is 5.56 Å². The van der Waals surface area contributed by atoms with Gasteiger partial charge in [-0.25, -0.2) is 8.78 Å². The summed E-state index contributed by atoms with van der Waals surface area (Å²) in [6.45, 7) is 2.59. The first-order chi connectivity index (χ1) is 10.6. The maximum Gasteiger partial charge on any atom is 0.148 e. The summed E-state index contributed by atoms with van der Waals surface area (Å²) >= 11 is 0. The molecule has 1 aromatic heterocycles. The minimum Gasteiger partial charge on any atom is -0.378 e. The highest BCUT2D eigenvalue weighted by atomic mass is 19.1. The van der Waals surface area contributed by atoms with Gasteiger partial charge in [-0.1, -0.05) is 0 Å². The van der Waals surface area contributed by atoms with Crippen LogP contribution in [-0.2, 0) is 18.3 Å². The van der Waals surface area contributed by atoms with Crippen molar-refractivity contribution in [3.8, 4) is 0 Å². The van der Waals surface area contributed by atoms with Crippen LogP contribution in [0.3, 0.4) is 0 Å². The van der Waals surface area contributed by atoms with Gasteiger partial charge in [0.1, 0.15) is 11.6 Å². The fourth-order valence-corrected chi connectivity index (χ4v) is 2.48. The summed E-state index contributed by atoms with van der Waals surface area (Å²) in [6.07, 6.45) is 3.51. The number of benzene rings is 1. The highest BCUT2D eigenvalue weighted by Gasteiger charge is 2.18. The molecule has 1 N–H and O–H groups in total. The zero-order valence-corrected chi connectivity index (χ0v) is 12.4. The number of aromatic nitrogens is 2. The minimum atomic E-state index is -0.466. The molecule has 1 fully saturated rings. The van der Waals surface area contributed by atoms with Crippen molar-refractivity contribution in [2.24, 2.45) is 7.05 Å². The van der Waals surface area contributed by atoms with Crippen molar-refractivity contribution in [1.29, 1.82) is 0 Å². The fraction of sp³-hybridized carbons (Fsp3) is 0.400. The van der Waals surface area contributed by atoms with Crippen molar-refractivity contribution >= 4 is 11.4 Å². The largest absolute Gasteiger partial charge is 0.378 e. The van der Waals surface area contributed by atoms with Crippen molar-refractivity contribution in [1.82, 2.24) is 9.78 Å². The lowest BCUT2D eigenvalue weighted by Crippen LogP contribution is -2.36. The summed E-state index contributed by atoms with van der Waals surface area (Å²) in [7, 11) is 1.81. The van der Waals surface area contributed by atoms with Crippen LogP contribution in [0.2, 0.25) is 0 Å². The van der Waals surface area contributed by atoms with Gasteiger partial charge in [-0.2, -0.15) is 5.10 Å². The summed E-state index contributed by atoms with van der Waals surface area (Å²) in [4.78, 5) is 1.80. The number of nitrogens with one attached hydrogen (secondary N) is 1. The Morgan fingerprint density at radius 3 is 2.68 bits per heavy atom. The van der Waals surface area contributed by atoms with Crippen LogP contribution in [0.25, 0.3) is 0 Å². The zero-order chi connectivity index (χ0) is 15.5. The molecule has 0 radical (unpaired) electrons. The smallest absolute Gasteiger partial charge is 0.148 e. The number of anilines is 2. The van der Waals surface area contributed by atoms with Gasteiger partial charge in [0, 0.05) is 50.6 Å². The van der Waals surface area contributed by atoms with Crippen LogP contribution in [0.1, 0.15) is 5.56 Å². The number of hydrogen-bond acceptors (Lipinski definition) is 4. The Bertz CT molecular complexity index is 653. The number of ether oxygens (including phenoxy) is 1. The predicted molar refractivity (Wildman–Crippen MR) is 79.9 cm³/mol. The van der Waals surface area contributed by atoms with Crippen LogP contribution in [0.15, 0.2) is 24.5 Å². The second-order valence-corrected chi connectivity index (χ2v) is 5.26. The average Bonchev–Trinajstić information content (AvgIpc) is 2.94. The molecule has 1 aromatic carbocycles. The Hall–Kier alpha value is -2.15. The predicted octanol–water partition coefficient (Wildman–Crippen LogP) is 2.15. The molecule has 0 spiro atoms. The Kier molecular flexibility index (Phi) is 4.24. The minimum absolute atomic E-state index is 0.151. The van der Waals surface area contributed by atoms with E-state index in [4.69, 9.17) is 4.74 Å². The summed E-state index contributed by atoms with van der Waals surface area (Å²) in [5, 5.41) is 6.94. The molecule has 2 aromatic rings. The van der Waals surface area contributed by atoms with Crippen LogP contribution in [0.5, 0.6) is 0 Å². The molecule has 22 heavy (non-hydrogen) atoms. The lowest BCUT2D eigenvalue weighted by molar-refractivity contribution is 0.122. The molecule has 0 aliphatic carbocycles. The molecular weight excluding hydrogens is 290 g/mol. The van der Waals surface area contributed by atoms with Gasteiger partial charge in [-0.05, 0) is 0 Å². The van der Waals surface area contributed by atoms with Crippen LogP contribution >= 0.6 is 0 Å². The molecular formula is C15H18F2N4O. The van der Waals surface area contributed by atoms with E-state index in [1.807, 2.05) is 6.20 Å². The van der Waals surface area contributed by atoms with Crippen molar-refractivity contribution in [3.05, 3.63) is 41.7 Å². The van der Waals surface area contributed by atoms with Crippen LogP contribution in [0, 0.1) is 11.6 Å².